The number of rotatable bonds is 5. The normalized spacial score (nSPS) is 15.4. The molecule has 2 aromatic rings. The van der Waals surface area contributed by atoms with Gasteiger partial charge in [0.05, 0.1) is 14.2 Å². The molecule has 0 atom stereocenters. The summed E-state index contributed by atoms with van der Waals surface area (Å²) in [4.78, 5) is 4.82. The van der Waals surface area contributed by atoms with E-state index in [1.807, 2.05) is 30.3 Å². The Morgan fingerprint density at radius 3 is 2.42 bits per heavy atom. The highest BCUT2D eigenvalue weighted by Crippen LogP contribution is 2.26. The van der Waals surface area contributed by atoms with Crippen molar-refractivity contribution in [2.75, 3.05) is 45.3 Å². The van der Waals surface area contributed by atoms with E-state index >= 15 is 0 Å². The Kier molecular flexibility index (Phi) is 5.48. The zero-order valence-corrected chi connectivity index (χ0v) is 14.9. The van der Waals surface area contributed by atoms with Crippen LogP contribution in [-0.4, -0.2) is 45.3 Å². The van der Waals surface area contributed by atoms with Crippen LogP contribution < -0.4 is 14.4 Å². The lowest BCUT2D eigenvalue weighted by molar-refractivity contribution is 0.245. The van der Waals surface area contributed by atoms with Gasteiger partial charge in [-0.3, -0.25) is 4.90 Å². The first-order valence-corrected chi connectivity index (χ1v) is 8.51. The van der Waals surface area contributed by atoms with Crippen LogP contribution >= 0.6 is 11.6 Å². The second kappa shape index (κ2) is 7.77. The minimum Gasteiger partial charge on any atom is -0.497 e. The van der Waals surface area contributed by atoms with E-state index in [9.17, 15) is 0 Å². The maximum Gasteiger partial charge on any atom is 0.123 e. The first kappa shape index (κ1) is 16.9. The van der Waals surface area contributed by atoms with Crippen LogP contribution in [0.3, 0.4) is 0 Å². The zero-order valence-electron chi connectivity index (χ0n) is 14.2. The molecule has 0 unspecified atom stereocenters. The molecular formula is C19H23ClN2O2. The van der Waals surface area contributed by atoms with Crippen molar-refractivity contribution >= 4 is 17.3 Å². The van der Waals surface area contributed by atoms with Crippen LogP contribution in [0.4, 0.5) is 5.69 Å². The standard InChI is InChI=1S/C19H23ClN2O2/c1-23-18-6-7-19(24-2)15(12-18)14-21-8-10-22(11-9-21)17-5-3-4-16(20)13-17/h3-7,12-13H,8-11,14H2,1-2H3. The third-order valence-electron chi connectivity index (χ3n) is 4.43. The first-order valence-electron chi connectivity index (χ1n) is 8.13. The van der Waals surface area contributed by atoms with E-state index in [-0.39, 0.29) is 0 Å². The van der Waals surface area contributed by atoms with Crippen molar-refractivity contribution in [3.05, 3.63) is 53.1 Å². The Labute approximate surface area is 148 Å². The van der Waals surface area contributed by atoms with Crippen molar-refractivity contribution in [1.29, 1.82) is 0 Å². The molecule has 4 nitrogen and oxygen atoms in total. The molecule has 1 fully saturated rings. The molecule has 0 saturated carbocycles. The summed E-state index contributed by atoms with van der Waals surface area (Å²) >= 11 is 6.10. The Balaban J connectivity index is 1.63. The second-order valence-corrected chi connectivity index (χ2v) is 6.36. The minimum atomic E-state index is 0.788. The van der Waals surface area contributed by atoms with Crippen molar-refractivity contribution < 1.29 is 9.47 Å². The van der Waals surface area contributed by atoms with E-state index in [0.29, 0.717) is 0 Å². The molecule has 0 spiro atoms. The van der Waals surface area contributed by atoms with Crippen LogP contribution in [0.1, 0.15) is 5.56 Å². The van der Waals surface area contributed by atoms with Crippen molar-refractivity contribution in [2.24, 2.45) is 0 Å². The Morgan fingerprint density at radius 2 is 1.75 bits per heavy atom. The van der Waals surface area contributed by atoms with Gasteiger partial charge in [0.1, 0.15) is 11.5 Å². The number of hydrogen-bond donors (Lipinski definition) is 0. The highest BCUT2D eigenvalue weighted by atomic mass is 35.5. The molecule has 1 saturated heterocycles. The molecule has 1 heterocycles. The minimum absolute atomic E-state index is 0.788. The van der Waals surface area contributed by atoms with Gasteiger partial charge in [-0.1, -0.05) is 17.7 Å². The number of ether oxygens (including phenoxy) is 2. The van der Waals surface area contributed by atoms with E-state index in [1.165, 1.54) is 5.69 Å². The largest absolute Gasteiger partial charge is 0.497 e. The smallest absolute Gasteiger partial charge is 0.123 e. The van der Waals surface area contributed by atoms with Gasteiger partial charge >= 0.3 is 0 Å². The number of nitrogens with zero attached hydrogens (tertiary/aromatic N) is 2. The van der Waals surface area contributed by atoms with Gasteiger partial charge in [0.15, 0.2) is 0 Å². The van der Waals surface area contributed by atoms with E-state index in [2.05, 4.69) is 21.9 Å². The fraction of sp³-hybridized carbons (Fsp3) is 0.368. The Morgan fingerprint density at radius 1 is 0.958 bits per heavy atom. The van der Waals surface area contributed by atoms with Gasteiger partial charge in [0.25, 0.3) is 0 Å². The van der Waals surface area contributed by atoms with Gasteiger partial charge in [0.2, 0.25) is 0 Å². The zero-order chi connectivity index (χ0) is 16.9. The summed E-state index contributed by atoms with van der Waals surface area (Å²) in [6.45, 7) is 4.86. The van der Waals surface area contributed by atoms with E-state index < -0.39 is 0 Å². The maximum absolute atomic E-state index is 6.10. The SMILES string of the molecule is COc1ccc(OC)c(CN2CCN(c3cccc(Cl)c3)CC2)c1. The number of halogens is 1. The fourth-order valence-corrected chi connectivity index (χ4v) is 3.27. The second-order valence-electron chi connectivity index (χ2n) is 5.92. The number of hydrogen-bond acceptors (Lipinski definition) is 4. The lowest BCUT2D eigenvalue weighted by Crippen LogP contribution is -2.46. The summed E-state index contributed by atoms with van der Waals surface area (Å²) in [5.41, 5.74) is 2.36. The third kappa shape index (κ3) is 3.94. The van der Waals surface area contributed by atoms with Crippen molar-refractivity contribution in [3.8, 4) is 11.5 Å². The van der Waals surface area contributed by atoms with Gasteiger partial charge in [-0.15, -0.1) is 0 Å². The average Bonchev–Trinajstić information content (AvgIpc) is 2.62. The predicted octanol–water partition coefficient (Wildman–Crippen LogP) is 3.68. The predicted molar refractivity (Wildman–Crippen MR) is 98.5 cm³/mol. The van der Waals surface area contributed by atoms with Crippen LogP contribution in [0.25, 0.3) is 0 Å². The summed E-state index contributed by atoms with van der Waals surface area (Å²) in [5.74, 6) is 1.77. The van der Waals surface area contributed by atoms with Gasteiger partial charge in [-0.05, 0) is 36.4 Å². The molecule has 128 valence electrons. The molecule has 1 aliphatic heterocycles. The van der Waals surface area contributed by atoms with E-state index in [1.54, 1.807) is 14.2 Å². The number of methoxy groups -OCH3 is 2. The molecule has 1 aliphatic rings. The van der Waals surface area contributed by atoms with Crippen LogP contribution in [-0.2, 0) is 6.54 Å². The fourth-order valence-electron chi connectivity index (χ4n) is 3.08. The molecule has 0 N–H and O–H groups in total. The molecule has 3 rings (SSSR count). The monoisotopic (exact) mass is 346 g/mol. The molecule has 2 aromatic carbocycles. The lowest BCUT2D eigenvalue weighted by Gasteiger charge is -2.36. The highest BCUT2D eigenvalue weighted by molar-refractivity contribution is 6.30. The van der Waals surface area contributed by atoms with Crippen molar-refractivity contribution in [1.82, 2.24) is 4.90 Å². The van der Waals surface area contributed by atoms with Crippen molar-refractivity contribution in [2.45, 2.75) is 6.54 Å². The summed E-state index contributed by atoms with van der Waals surface area (Å²) in [5, 5.41) is 0.788. The molecule has 24 heavy (non-hydrogen) atoms. The van der Waals surface area contributed by atoms with Gasteiger partial charge in [0, 0.05) is 49.0 Å². The van der Waals surface area contributed by atoms with Gasteiger partial charge in [-0.25, -0.2) is 0 Å². The Hall–Kier alpha value is -1.91. The summed E-state index contributed by atoms with van der Waals surface area (Å²) < 4.78 is 10.8. The van der Waals surface area contributed by atoms with Gasteiger partial charge in [-0.2, -0.15) is 0 Å². The quantitative estimate of drug-likeness (QED) is 0.824. The maximum atomic E-state index is 6.10. The molecular weight excluding hydrogens is 324 g/mol. The molecule has 0 aliphatic carbocycles. The molecule has 0 amide bonds. The molecule has 0 bridgehead atoms. The van der Waals surface area contributed by atoms with E-state index in [0.717, 1.165) is 54.8 Å². The molecule has 0 radical (unpaired) electrons. The van der Waals surface area contributed by atoms with Crippen LogP contribution in [0.15, 0.2) is 42.5 Å². The van der Waals surface area contributed by atoms with Gasteiger partial charge < -0.3 is 14.4 Å². The lowest BCUT2D eigenvalue weighted by atomic mass is 10.1. The van der Waals surface area contributed by atoms with Crippen molar-refractivity contribution in [3.63, 3.8) is 0 Å². The summed E-state index contributed by atoms with van der Waals surface area (Å²) in [7, 11) is 3.40. The third-order valence-corrected chi connectivity index (χ3v) is 4.66. The van der Waals surface area contributed by atoms with Crippen LogP contribution in [0, 0.1) is 0 Å². The number of piperazine rings is 1. The number of benzene rings is 2. The highest BCUT2D eigenvalue weighted by Gasteiger charge is 2.19. The van der Waals surface area contributed by atoms with Crippen LogP contribution in [0.2, 0.25) is 5.02 Å². The summed E-state index contributed by atoms with van der Waals surface area (Å²) in [6, 6.07) is 14.0. The summed E-state index contributed by atoms with van der Waals surface area (Å²) in [6.07, 6.45) is 0. The average molecular weight is 347 g/mol. The topological polar surface area (TPSA) is 24.9 Å². The first-order chi connectivity index (χ1) is 11.7. The van der Waals surface area contributed by atoms with E-state index in [4.69, 9.17) is 21.1 Å². The molecule has 5 heteroatoms. The number of anilines is 1. The molecule has 0 aromatic heterocycles. The van der Waals surface area contributed by atoms with Crippen LogP contribution in [0.5, 0.6) is 11.5 Å². The Bertz CT molecular complexity index is 685.